The van der Waals surface area contributed by atoms with Crippen molar-refractivity contribution >= 4 is 29.3 Å². The molecule has 138 valence electrons. The highest BCUT2D eigenvalue weighted by atomic mass is 32.2. The molecule has 4 nitrogen and oxygen atoms in total. The number of carbonyl (C=O) groups is 2. The van der Waals surface area contributed by atoms with Crippen LogP contribution in [0, 0.1) is 0 Å². The van der Waals surface area contributed by atoms with Gasteiger partial charge in [-0.2, -0.15) is 11.8 Å². The van der Waals surface area contributed by atoms with Crippen LogP contribution in [0.1, 0.15) is 42.1 Å². The van der Waals surface area contributed by atoms with Crippen molar-refractivity contribution < 1.29 is 9.59 Å². The first-order valence-electron chi connectivity index (χ1n) is 8.77. The van der Waals surface area contributed by atoms with Gasteiger partial charge in [-0.1, -0.05) is 44.2 Å². The molecule has 0 saturated heterocycles. The molecule has 0 spiro atoms. The molecule has 5 heteroatoms. The topological polar surface area (TPSA) is 58.2 Å². The van der Waals surface area contributed by atoms with Crippen molar-refractivity contribution in [1.29, 1.82) is 0 Å². The standard InChI is InChI=1S/C21H26N2O2S/c1-15(2)17-10-7-11-18(14-17)22-21(25)19(12-13-26-3)23-20(24)16-8-5-4-6-9-16/h4-11,14-15,19H,12-13H2,1-3H3,(H,22,25)(H,23,24). The summed E-state index contributed by atoms with van der Waals surface area (Å²) >= 11 is 1.65. The Morgan fingerprint density at radius 3 is 2.42 bits per heavy atom. The van der Waals surface area contributed by atoms with Crippen LogP contribution >= 0.6 is 11.8 Å². The fourth-order valence-electron chi connectivity index (χ4n) is 2.54. The first kappa shape index (κ1) is 20.0. The summed E-state index contributed by atoms with van der Waals surface area (Å²) < 4.78 is 0. The Kier molecular flexibility index (Phi) is 7.73. The maximum Gasteiger partial charge on any atom is 0.251 e. The van der Waals surface area contributed by atoms with E-state index in [2.05, 4.69) is 24.5 Å². The molecule has 1 unspecified atom stereocenters. The van der Waals surface area contributed by atoms with Crippen LogP contribution in [0.15, 0.2) is 54.6 Å². The minimum absolute atomic E-state index is 0.191. The van der Waals surface area contributed by atoms with Gasteiger partial charge in [-0.05, 0) is 54.2 Å². The van der Waals surface area contributed by atoms with E-state index in [9.17, 15) is 9.59 Å². The summed E-state index contributed by atoms with van der Waals surface area (Å²) in [5.74, 6) is 0.753. The lowest BCUT2D eigenvalue weighted by molar-refractivity contribution is -0.118. The van der Waals surface area contributed by atoms with E-state index >= 15 is 0 Å². The molecule has 0 bridgehead atoms. The smallest absolute Gasteiger partial charge is 0.251 e. The van der Waals surface area contributed by atoms with Crippen LogP contribution in [0.2, 0.25) is 0 Å². The van der Waals surface area contributed by atoms with Gasteiger partial charge in [0.15, 0.2) is 0 Å². The highest BCUT2D eigenvalue weighted by Gasteiger charge is 2.21. The molecular formula is C21H26N2O2S. The van der Waals surface area contributed by atoms with Gasteiger partial charge in [-0.25, -0.2) is 0 Å². The second-order valence-corrected chi connectivity index (χ2v) is 7.43. The second kappa shape index (κ2) is 10.0. The number of anilines is 1. The Balaban J connectivity index is 2.09. The van der Waals surface area contributed by atoms with Gasteiger partial charge in [-0.15, -0.1) is 0 Å². The van der Waals surface area contributed by atoms with E-state index in [-0.39, 0.29) is 11.8 Å². The normalized spacial score (nSPS) is 11.8. The van der Waals surface area contributed by atoms with E-state index in [1.807, 2.05) is 48.7 Å². The third-order valence-electron chi connectivity index (χ3n) is 4.09. The molecule has 26 heavy (non-hydrogen) atoms. The third kappa shape index (κ3) is 5.92. The molecule has 2 N–H and O–H groups in total. The zero-order valence-corrected chi connectivity index (χ0v) is 16.3. The van der Waals surface area contributed by atoms with E-state index in [1.165, 1.54) is 0 Å². The van der Waals surface area contributed by atoms with Crippen molar-refractivity contribution in [3.8, 4) is 0 Å². The molecule has 0 aliphatic carbocycles. The number of thioether (sulfide) groups is 1. The van der Waals surface area contributed by atoms with Crippen molar-refractivity contribution in [2.45, 2.75) is 32.2 Å². The summed E-state index contributed by atoms with van der Waals surface area (Å²) in [7, 11) is 0. The summed E-state index contributed by atoms with van der Waals surface area (Å²) in [6.45, 7) is 4.23. The largest absolute Gasteiger partial charge is 0.340 e. The van der Waals surface area contributed by atoms with Crippen LogP contribution in [-0.2, 0) is 4.79 Å². The Labute approximate surface area is 159 Å². The van der Waals surface area contributed by atoms with E-state index in [1.54, 1.807) is 23.9 Å². The minimum Gasteiger partial charge on any atom is -0.340 e. The van der Waals surface area contributed by atoms with Crippen molar-refractivity contribution in [1.82, 2.24) is 5.32 Å². The summed E-state index contributed by atoms with van der Waals surface area (Å²) in [6, 6.07) is 16.2. The van der Waals surface area contributed by atoms with Crippen LogP contribution in [-0.4, -0.2) is 29.9 Å². The predicted octanol–water partition coefficient (Wildman–Crippen LogP) is 4.30. The Morgan fingerprint density at radius 1 is 1.04 bits per heavy atom. The zero-order chi connectivity index (χ0) is 18.9. The number of amides is 2. The molecule has 2 aromatic carbocycles. The fourth-order valence-corrected chi connectivity index (χ4v) is 3.01. The summed E-state index contributed by atoms with van der Waals surface area (Å²) in [4.78, 5) is 25.2. The molecule has 2 amide bonds. The van der Waals surface area contributed by atoms with Crippen LogP contribution in [0.4, 0.5) is 5.69 Å². The van der Waals surface area contributed by atoms with Crippen molar-refractivity contribution in [2.24, 2.45) is 0 Å². The van der Waals surface area contributed by atoms with Gasteiger partial charge in [0.1, 0.15) is 6.04 Å². The van der Waals surface area contributed by atoms with E-state index in [4.69, 9.17) is 0 Å². The quantitative estimate of drug-likeness (QED) is 0.728. The number of hydrogen-bond acceptors (Lipinski definition) is 3. The van der Waals surface area contributed by atoms with Gasteiger partial charge < -0.3 is 10.6 Å². The fraction of sp³-hybridized carbons (Fsp3) is 0.333. The molecule has 0 fully saturated rings. The summed E-state index contributed by atoms with van der Waals surface area (Å²) in [5, 5.41) is 5.80. The molecule has 0 aromatic heterocycles. The number of nitrogens with one attached hydrogen (secondary N) is 2. The Hall–Kier alpha value is -2.27. The maximum absolute atomic E-state index is 12.7. The molecule has 2 aromatic rings. The van der Waals surface area contributed by atoms with Crippen LogP contribution < -0.4 is 10.6 Å². The van der Waals surface area contributed by atoms with Gasteiger partial charge in [0, 0.05) is 11.3 Å². The molecule has 0 aliphatic rings. The van der Waals surface area contributed by atoms with Gasteiger partial charge in [0.2, 0.25) is 5.91 Å². The first-order valence-corrected chi connectivity index (χ1v) is 10.2. The molecule has 0 heterocycles. The Bertz CT molecular complexity index is 732. The van der Waals surface area contributed by atoms with Gasteiger partial charge in [0.05, 0.1) is 0 Å². The monoisotopic (exact) mass is 370 g/mol. The maximum atomic E-state index is 12.7. The van der Waals surface area contributed by atoms with Crippen LogP contribution in [0.25, 0.3) is 0 Å². The van der Waals surface area contributed by atoms with Gasteiger partial charge in [0.25, 0.3) is 5.91 Å². The molecule has 1 atom stereocenters. The summed E-state index contributed by atoms with van der Waals surface area (Å²) in [6.07, 6.45) is 2.57. The molecule has 0 saturated carbocycles. The predicted molar refractivity (Wildman–Crippen MR) is 110 cm³/mol. The number of benzene rings is 2. The Morgan fingerprint density at radius 2 is 1.77 bits per heavy atom. The lowest BCUT2D eigenvalue weighted by atomic mass is 10.0. The molecule has 0 radical (unpaired) electrons. The first-order chi connectivity index (χ1) is 12.5. The van der Waals surface area contributed by atoms with E-state index in [0.717, 1.165) is 17.0 Å². The average Bonchev–Trinajstić information content (AvgIpc) is 2.65. The van der Waals surface area contributed by atoms with Gasteiger partial charge in [-0.3, -0.25) is 9.59 Å². The van der Waals surface area contributed by atoms with Crippen LogP contribution in [0.3, 0.4) is 0 Å². The SMILES string of the molecule is CSCCC(NC(=O)c1ccccc1)C(=O)Nc1cccc(C(C)C)c1. The number of hydrogen-bond donors (Lipinski definition) is 2. The van der Waals surface area contributed by atoms with E-state index < -0.39 is 6.04 Å². The third-order valence-corrected chi connectivity index (χ3v) is 4.73. The number of carbonyl (C=O) groups excluding carboxylic acids is 2. The number of rotatable bonds is 8. The van der Waals surface area contributed by atoms with E-state index in [0.29, 0.717) is 17.9 Å². The van der Waals surface area contributed by atoms with Gasteiger partial charge >= 0.3 is 0 Å². The molecular weight excluding hydrogens is 344 g/mol. The highest BCUT2D eigenvalue weighted by molar-refractivity contribution is 7.98. The van der Waals surface area contributed by atoms with Crippen molar-refractivity contribution in [2.75, 3.05) is 17.3 Å². The van der Waals surface area contributed by atoms with Crippen LogP contribution in [0.5, 0.6) is 0 Å². The lowest BCUT2D eigenvalue weighted by Gasteiger charge is -2.19. The second-order valence-electron chi connectivity index (χ2n) is 6.44. The summed E-state index contributed by atoms with van der Waals surface area (Å²) in [5.41, 5.74) is 2.47. The average molecular weight is 371 g/mol. The van der Waals surface area contributed by atoms with Crippen molar-refractivity contribution in [3.05, 3.63) is 65.7 Å². The highest BCUT2D eigenvalue weighted by Crippen LogP contribution is 2.19. The van der Waals surface area contributed by atoms with Crippen molar-refractivity contribution in [3.63, 3.8) is 0 Å². The molecule has 0 aliphatic heterocycles. The zero-order valence-electron chi connectivity index (χ0n) is 15.5. The molecule has 2 rings (SSSR count). The minimum atomic E-state index is -0.571. The lowest BCUT2D eigenvalue weighted by Crippen LogP contribution is -2.44.